The van der Waals surface area contributed by atoms with Crippen molar-refractivity contribution in [3.05, 3.63) is 65.9 Å². The van der Waals surface area contributed by atoms with Crippen molar-refractivity contribution in [2.75, 3.05) is 20.2 Å². The van der Waals surface area contributed by atoms with Gasteiger partial charge in [0.25, 0.3) is 0 Å². The summed E-state index contributed by atoms with van der Waals surface area (Å²) in [6.45, 7) is 3.22. The number of sulfonamides is 1. The van der Waals surface area contributed by atoms with Crippen LogP contribution in [-0.2, 0) is 22.9 Å². The van der Waals surface area contributed by atoms with Crippen LogP contribution in [0.4, 0.5) is 0 Å². The van der Waals surface area contributed by atoms with Gasteiger partial charge in [0.05, 0.1) is 17.5 Å². The van der Waals surface area contributed by atoms with Crippen LogP contribution in [0.25, 0.3) is 22.3 Å². The SMILES string of the molecule is COc1ccnc(CCc2nc3ncc(-c4ccc(S(=O)(=O)N5CCCC5)cc4)c(C)c3[nH]2)c1. The Morgan fingerprint density at radius 1 is 1.06 bits per heavy atom. The maximum absolute atomic E-state index is 12.8. The number of aryl methyl sites for hydroxylation is 3. The van der Waals surface area contributed by atoms with Gasteiger partial charge in [-0.2, -0.15) is 4.31 Å². The maximum Gasteiger partial charge on any atom is 0.243 e. The van der Waals surface area contributed by atoms with E-state index in [-0.39, 0.29) is 0 Å². The largest absolute Gasteiger partial charge is 0.497 e. The number of nitrogens with zero attached hydrogens (tertiary/aromatic N) is 4. The molecule has 0 saturated carbocycles. The molecule has 0 atom stereocenters. The Morgan fingerprint density at radius 3 is 2.56 bits per heavy atom. The van der Waals surface area contributed by atoms with Crippen molar-refractivity contribution in [1.29, 1.82) is 0 Å². The van der Waals surface area contributed by atoms with Gasteiger partial charge in [0.15, 0.2) is 5.65 Å². The molecule has 0 bridgehead atoms. The molecule has 0 unspecified atom stereocenters. The van der Waals surface area contributed by atoms with E-state index in [0.717, 1.165) is 58.7 Å². The van der Waals surface area contributed by atoms with Crippen LogP contribution in [0.5, 0.6) is 5.75 Å². The number of aromatic amines is 1. The number of hydrogen-bond donors (Lipinski definition) is 1. The second-order valence-electron chi connectivity index (χ2n) is 8.50. The Labute approximate surface area is 199 Å². The van der Waals surface area contributed by atoms with Crippen molar-refractivity contribution in [3.63, 3.8) is 0 Å². The van der Waals surface area contributed by atoms with E-state index in [0.29, 0.717) is 30.1 Å². The van der Waals surface area contributed by atoms with Crippen molar-refractivity contribution >= 4 is 21.2 Å². The van der Waals surface area contributed by atoms with Crippen LogP contribution in [0, 0.1) is 6.92 Å². The van der Waals surface area contributed by atoms with Gasteiger partial charge in [-0.15, -0.1) is 0 Å². The average Bonchev–Trinajstić information content (AvgIpc) is 3.54. The summed E-state index contributed by atoms with van der Waals surface area (Å²) in [5.41, 5.74) is 5.39. The number of ether oxygens (including phenoxy) is 1. The highest BCUT2D eigenvalue weighted by atomic mass is 32.2. The number of fused-ring (bicyclic) bond motifs is 1. The van der Waals surface area contributed by atoms with Crippen molar-refractivity contribution in [2.45, 2.75) is 37.5 Å². The Bertz CT molecular complexity index is 1420. The molecule has 5 rings (SSSR count). The topological polar surface area (TPSA) is 101 Å². The molecule has 4 heterocycles. The number of benzene rings is 1. The first kappa shape index (κ1) is 22.5. The zero-order chi connectivity index (χ0) is 23.7. The summed E-state index contributed by atoms with van der Waals surface area (Å²) in [7, 11) is -1.78. The summed E-state index contributed by atoms with van der Waals surface area (Å²) in [6, 6.07) is 10.8. The molecule has 0 amide bonds. The molecule has 1 aliphatic heterocycles. The number of pyridine rings is 2. The van der Waals surface area contributed by atoms with E-state index in [4.69, 9.17) is 4.74 Å². The lowest BCUT2D eigenvalue weighted by atomic mass is 10.0. The second-order valence-corrected chi connectivity index (χ2v) is 10.4. The standard InChI is InChI=1S/C25H27N5O3S/c1-17-22(18-5-8-21(9-6-18)34(31,32)30-13-3-4-14-30)16-27-25-24(17)28-23(29-25)10-7-19-15-20(33-2)11-12-26-19/h5-6,8-9,11-12,15-16H,3-4,7,10,13-14H2,1-2H3,(H,27,28,29). The van der Waals surface area contributed by atoms with Gasteiger partial charge in [0, 0.05) is 49.2 Å². The summed E-state index contributed by atoms with van der Waals surface area (Å²) >= 11 is 0. The van der Waals surface area contributed by atoms with Gasteiger partial charge < -0.3 is 9.72 Å². The molecule has 4 aromatic rings. The third-order valence-electron chi connectivity index (χ3n) is 6.34. The number of methoxy groups -OCH3 is 1. The van der Waals surface area contributed by atoms with Crippen LogP contribution in [0.1, 0.15) is 29.9 Å². The fourth-order valence-electron chi connectivity index (χ4n) is 4.38. The molecule has 3 aromatic heterocycles. The van der Waals surface area contributed by atoms with Crippen LogP contribution < -0.4 is 4.74 Å². The molecule has 1 fully saturated rings. The summed E-state index contributed by atoms with van der Waals surface area (Å²) in [6.07, 6.45) is 6.82. The van der Waals surface area contributed by atoms with Crippen molar-refractivity contribution in [1.82, 2.24) is 24.2 Å². The van der Waals surface area contributed by atoms with E-state index >= 15 is 0 Å². The van der Waals surface area contributed by atoms with E-state index in [1.807, 2.05) is 31.2 Å². The summed E-state index contributed by atoms with van der Waals surface area (Å²) < 4.78 is 32.5. The number of imidazole rings is 1. The lowest BCUT2D eigenvalue weighted by Crippen LogP contribution is -2.27. The Balaban J connectivity index is 1.37. The fraction of sp³-hybridized carbons (Fsp3) is 0.320. The molecule has 0 aliphatic carbocycles. The van der Waals surface area contributed by atoms with Gasteiger partial charge in [0.2, 0.25) is 10.0 Å². The number of rotatable bonds is 7. The van der Waals surface area contributed by atoms with Crippen LogP contribution in [0.3, 0.4) is 0 Å². The van der Waals surface area contributed by atoms with Crippen LogP contribution in [0.2, 0.25) is 0 Å². The molecule has 34 heavy (non-hydrogen) atoms. The number of H-pyrrole nitrogens is 1. The third kappa shape index (κ3) is 4.28. The van der Waals surface area contributed by atoms with Crippen molar-refractivity contribution < 1.29 is 13.2 Å². The second kappa shape index (κ2) is 9.15. The Morgan fingerprint density at radius 2 is 1.82 bits per heavy atom. The summed E-state index contributed by atoms with van der Waals surface area (Å²) in [5.74, 6) is 1.63. The minimum Gasteiger partial charge on any atom is -0.497 e. The predicted molar refractivity (Wildman–Crippen MR) is 130 cm³/mol. The minimum atomic E-state index is -3.42. The molecule has 8 nitrogen and oxygen atoms in total. The first-order chi connectivity index (χ1) is 16.5. The minimum absolute atomic E-state index is 0.333. The monoisotopic (exact) mass is 477 g/mol. The molecule has 0 radical (unpaired) electrons. The molecule has 9 heteroatoms. The van der Waals surface area contributed by atoms with E-state index in [1.54, 1.807) is 35.9 Å². The lowest BCUT2D eigenvalue weighted by molar-refractivity contribution is 0.413. The van der Waals surface area contributed by atoms with Gasteiger partial charge in [0.1, 0.15) is 11.6 Å². The molecular formula is C25H27N5O3S. The van der Waals surface area contributed by atoms with Crippen LogP contribution in [-0.4, -0.2) is 52.9 Å². The number of aromatic nitrogens is 4. The smallest absolute Gasteiger partial charge is 0.243 e. The normalized spacial score (nSPS) is 14.6. The predicted octanol–water partition coefficient (Wildman–Crippen LogP) is 3.91. The zero-order valence-corrected chi connectivity index (χ0v) is 20.1. The van der Waals surface area contributed by atoms with E-state index in [9.17, 15) is 8.42 Å². The molecule has 1 saturated heterocycles. The van der Waals surface area contributed by atoms with E-state index in [2.05, 4.69) is 19.9 Å². The first-order valence-corrected chi connectivity index (χ1v) is 12.8. The van der Waals surface area contributed by atoms with Crippen LogP contribution >= 0.6 is 0 Å². The van der Waals surface area contributed by atoms with Gasteiger partial charge in [-0.1, -0.05) is 12.1 Å². The van der Waals surface area contributed by atoms with Gasteiger partial charge in [-0.25, -0.2) is 18.4 Å². The first-order valence-electron chi connectivity index (χ1n) is 11.4. The highest BCUT2D eigenvalue weighted by Gasteiger charge is 2.27. The highest BCUT2D eigenvalue weighted by molar-refractivity contribution is 7.89. The van der Waals surface area contributed by atoms with Gasteiger partial charge in [-0.3, -0.25) is 4.98 Å². The summed E-state index contributed by atoms with van der Waals surface area (Å²) in [5, 5.41) is 0. The number of nitrogens with one attached hydrogen (secondary N) is 1. The fourth-order valence-corrected chi connectivity index (χ4v) is 5.90. The lowest BCUT2D eigenvalue weighted by Gasteiger charge is -2.15. The molecule has 176 valence electrons. The highest BCUT2D eigenvalue weighted by Crippen LogP contribution is 2.29. The van der Waals surface area contributed by atoms with E-state index < -0.39 is 10.0 Å². The Hall–Kier alpha value is -3.30. The van der Waals surface area contributed by atoms with Gasteiger partial charge in [-0.05, 0) is 55.5 Å². The van der Waals surface area contributed by atoms with Gasteiger partial charge >= 0.3 is 0 Å². The maximum atomic E-state index is 12.8. The third-order valence-corrected chi connectivity index (χ3v) is 8.25. The summed E-state index contributed by atoms with van der Waals surface area (Å²) in [4.78, 5) is 17.3. The van der Waals surface area contributed by atoms with Crippen molar-refractivity contribution in [3.8, 4) is 16.9 Å². The molecule has 1 aliphatic rings. The average molecular weight is 478 g/mol. The quantitative estimate of drug-likeness (QED) is 0.433. The number of hydrogen-bond acceptors (Lipinski definition) is 6. The van der Waals surface area contributed by atoms with E-state index in [1.165, 1.54) is 0 Å². The molecule has 1 N–H and O–H groups in total. The Kier molecular flexibility index (Phi) is 6.05. The molecule has 0 spiro atoms. The molecule has 1 aromatic carbocycles. The molecular weight excluding hydrogens is 450 g/mol. The zero-order valence-electron chi connectivity index (χ0n) is 19.3. The van der Waals surface area contributed by atoms with Crippen LogP contribution in [0.15, 0.2) is 53.7 Å². The van der Waals surface area contributed by atoms with Crippen molar-refractivity contribution in [2.24, 2.45) is 0 Å².